The largest absolute Gasteiger partial charge is 0.416 e. The number of rotatable bonds is 5. The number of benzene rings is 2. The summed E-state index contributed by atoms with van der Waals surface area (Å²) in [4.78, 5) is 6.60. The van der Waals surface area contributed by atoms with Crippen LogP contribution in [-0.2, 0) is 6.18 Å². The quantitative estimate of drug-likeness (QED) is 0.459. The van der Waals surface area contributed by atoms with E-state index >= 15 is 0 Å². The molecule has 2 aliphatic rings. The molecule has 2 aliphatic heterocycles. The molecule has 162 valence electrons. The van der Waals surface area contributed by atoms with Crippen molar-refractivity contribution in [2.24, 2.45) is 5.41 Å². The SMILES string of the molecule is CC1(C)CCN(CCCCN2c3ccccc3Sc3ccc(C(F)(F)F)cc32)CC1. The van der Waals surface area contributed by atoms with Gasteiger partial charge in [0, 0.05) is 16.3 Å². The van der Waals surface area contributed by atoms with Crippen LogP contribution in [0.15, 0.2) is 52.3 Å². The Morgan fingerprint density at radius 1 is 0.900 bits per heavy atom. The topological polar surface area (TPSA) is 6.48 Å². The van der Waals surface area contributed by atoms with Gasteiger partial charge in [0.05, 0.1) is 16.9 Å². The molecule has 0 N–H and O–H groups in total. The van der Waals surface area contributed by atoms with Crippen molar-refractivity contribution < 1.29 is 13.2 Å². The van der Waals surface area contributed by atoms with Crippen LogP contribution in [0.1, 0.15) is 45.1 Å². The van der Waals surface area contributed by atoms with Crippen LogP contribution in [0, 0.1) is 5.41 Å². The Labute approximate surface area is 181 Å². The number of alkyl halides is 3. The normalized spacial score (nSPS) is 18.8. The first-order valence-corrected chi connectivity index (χ1v) is 11.5. The van der Waals surface area contributed by atoms with Crippen molar-refractivity contribution in [2.45, 2.75) is 55.5 Å². The summed E-state index contributed by atoms with van der Waals surface area (Å²) in [6.45, 7) is 8.76. The maximum Gasteiger partial charge on any atom is 0.416 e. The summed E-state index contributed by atoms with van der Waals surface area (Å²) >= 11 is 1.55. The number of piperidine rings is 1. The van der Waals surface area contributed by atoms with Gasteiger partial charge in [0.25, 0.3) is 0 Å². The molecule has 1 fully saturated rings. The number of fused-ring (bicyclic) bond motifs is 2. The Morgan fingerprint density at radius 3 is 2.30 bits per heavy atom. The van der Waals surface area contributed by atoms with Gasteiger partial charge in [0.1, 0.15) is 0 Å². The third-order valence-corrected chi connectivity index (χ3v) is 7.40. The highest BCUT2D eigenvalue weighted by Gasteiger charge is 2.33. The zero-order valence-electron chi connectivity index (χ0n) is 17.6. The molecule has 1 saturated heterocycles. The minimum Gasteiger partial charge on any atom is -0.340 e. The number of hydrogen-bond donors (Lipinski definition) is 0. The van der Waals surface area contributed by atoms with Gasteiger partial charge in [0.15, 0.2) is 0 Å². The Bertz CT molecular complexity index is 884. The van der Waals surface area contributed by atoms with Gasteiger partial charge in [-0.3, -0.25) is 0 Å². The molecule has 0 aromatic heterocycles. The first-order chi connectivity index (χ1) is 14.2. The summed E-state index contributed by atoms with van der Waals surface area (Å²) in [5, 5.41) is 0. The fourth-order valence-electron chi connectivity index (χ4n) is 4.23. The summed E-state index contributed by atoms with van der Waals surface area (Å²) in [7, 11) is 0. The molecule has 0 unspecified atom stereocenters. The molecule has 4 rings (SSSR count). The van der Waals surface area contributed by atoms with Gasteiger partial charge in [-0.05, 0) is 81.1 Å². The lowest BCUT2D eigenvalue weighted by molar-refractivity contribution is -0.137. The number of hydrogen-bond acceptors (Lipinski definition) is 3. The maximum atomic E-state index is 13.3. The first kappa shape index (κ1) is 21.6. The molecule has 2 aromatic carbocycles. The molecular formula is C24H29F3N2S. The monoisotopic (exact) mass is 434 g/mol. The Hall–Kier alpha value is -1.66. The smallest absolute Gasteiger partial charge is 0.340 e. The number of anilines is 2. The van der Waals surface area contributed by atoms with Gasteiger partial charge < -0.3 is 9.80 Å². The van der Waals surface area contributed by atoms with E-state index in [4.69, 9.17) is 0 Å². The minimum atomic E-state index is -4.33. The number of halogens is 3. The van der Waals surface area contributed by atoms with Gasteiger partial charge in [-0.2, -0.15) is 13.2 Å². The second-order valence-electron chi connectivity index (χ2n) is 9.11. The lowest BCUT2D eigenvalue weighted by Gasteiger charge is -2.37. The number of likely N-dealkylation sites (tertiary alicyclic amines) is 1. The van der Waals surface area contributed by atoms with Crippen LogP contribution < -0.4 is 4.90 Å². The van der Waals surface area contributed by atoms with Gasteiger partial charge in [0.2, 0.25) is 0 Å². The van der Waals surface area contributed by atoms with Gasteiger partial charge in [-0.25, -0.2) is 0 Å². The molecular weight excluding hydrogens is 405 g/mol. The van der Waals surface area contributed by atoms with Crippen LogP contribution >= 0.6 is 11.8 Å². The number of unbranched alkanes of at least 4 members (excludes halogenated alkanes) is 1. The van der Waals surface area contributed by atoms with E-state index in [0.29, 0.717) is 11.1 Å². The van der Waals surface area contributed by atoms with Gasteiger partial charge >= 0.3 is 6.18 Å². The van der Waals surface area contributed by atoms with Crippen LogP contribution in [-0.4, -0.2) is 31.1 Å². The second kappa shape index (κ2) is 8.46. The average molecular weight is 435 g/mol. The fourth-order valence-corrected chi connectivity index (χ4v) is 5.31. The van der Waals surface area contributed by atoms with E-state index in [2.05, 4.69) is 23.6 Å². The van der Waals surface area contributed by atoms with E-state index in [1.807, 2.05) is 24.3 Å². The summed E-state index contributed by atoms with van der Waals surface area (Å²) in [5.41, 5.74) is 1.55. The molecule has 0 atom stereocenters. The van der Waals surface area contributed by atoms with Crippen molar-refractivity contribution in [1.82, 2.24) is 4.90 Å². The van der Waals surface area contributed by atoms with Crippen molar-refractivity contribution in [3.05, 3.63) is 48.0 Å². The molecule has 30 heavy (non-hydrogen) atoms. The highest BCUT2D eigenvalue weighted by atomic mass is 32.2. The standard InChI is InChI=1S/C24H29F3N2S/c1-23(2)11-15-28(16-12-23)13-5-6-14-29-19-7-3-4-8-21(19)30-22-10-9-18(17-20(22)29)24(25,26)27/h3-4,7-10,17H,5-6,11-16H2,1-2H3. The van der Waals surface area contributed by atoms with E-state index in [0.717, 1.165) is 54.5 Å². The van der Waals surface area contributed by atoms with Crippen LogP contribution in [0.25, 0.3) is 0 Å². The lowest BCUT2D eigenvalue weighted by Crippen LogP contribution is -2.38. The molecule has 2 aromatic rings. The Kier molecular flexibility index (Phi) is 6.08. The molecule has 0 aliphatic carbocycles. The summed E-state index contributed by atoms with van der Waals surface area (Å²) in [5.74, 6) is 0. The molecule has 6 heteroatoms. The van der Waals surface area contributed by atoms with Crippen molar-refractivity contribution in [3.63, 3.8) is 0 Å². The Morgan fingerprint density at radius 2 is 1.57 bits per heavy atom. The maximum absolute atomic E-state index is 13.3. The minimum absolute atomic E-state index is 0.450. The first-order valence-electron chi connectivity index (χ1n) is 10.7. The van der Waals surface area contributed by atoms with Crippen molar-refractivity contribution >= 4 is 23.1 Å². The number of nitrogens with zero attached hydrogens (tertiary/aromatic N) is 2. The molecule has 0 amide bonds. The summed E-state index contributed by atoms with van der Waals surface area (Å²) < 4.78 is 40.0. The van der Waals surface area contributed by atoms with Crippen LogP contribution in [0.3, 0.4) is 0 Å². The van der Waals surface area contributed by atoms with Gasteiger partial charge in [-0.15, -0.1) is 0 Å². The molecule has 2 nitrogen and oxygen atoms in total. The summed E-state index contributed by atoms with van der Waals surface area (Å²) in [6, 6.07) is 12.1. The highest BCUT2D eigenvalue weighted by molar-refractivity contribution is 7.99. The van der Waals surface area contributed by atoms with Crippen molar-refractivity contribution in [1.29, 1.82) is 0 Å². The van der Waals surface area contributed by atoms with E-state index in [-0.39, 0.29) is 0 Å². The third kappa shape index (κ3) is 4.80. The molecule has 2 heterocycles. The van der Waals surface area contributed by atoms with Crippen molar-refractivity contribution in [2.75, 3.05) is 31.1 Å². The van der Waals surface area contributed by atoms with Crippen LogP contribution in [0.2, 0.25) is 0 Å². The van der Waals surface area contributed by atoms with Crippen LogP contribution in [0.4, 0.5) is 24.5 Å². The van der Waals surface area contributed by atoms with E-state index in [1.165, 1.54) is 25.0 Å². The highest BCUT2D eigenvalue weighted by Crippen LogP contribution is 2.49. The Balaban J connectivity index is 1.46. The molecule has 0 radical (unpaired) electrons. The predicted octanol–water partition coefficient (Wildman–Crippen LogP) is 7.21. The molecule has 0 bridgehead atoms. The van der Waals surface area contributed by atoms with E-state index in [9.17, 15) is 13.2 Å². The van der Waals surface area contributed by atoms with Crippen molar-refractivity contribution in [3.8, 4) is 0 Å². The fraction of sp³-hybridized carbons (Fsp3) is 0.500. The lowest BCUT2D eigenvalue weighted by atomic mass is 9.82. The summed E-state index contributed by atoms with van der Waals surface area (Å²) in [6.07, 6.45) is 0.147. The zero-order valence-corrected chi connectivity index (χ0v) is 18.5. The third-order valence-electron chi connectivity index (χ3n) is 6.27. The molecule has 0 spiro atoms. The molecule has 0 saturated carbocycles. The van der Waals surface area contributed by atoms with E-state index < -0.39 is 11.7 Å². The van der Waals surface area contributed by atoms with E-state index in [1.54, 1.807) is 17.8 Å². The average Bonchev–Trinajstić information content (AvgIpc) is 2.70. The second-order valence-corrected chi connectivity index (χ2v) is 10.2. The predicted molar refractivity (Wildman–Crippen MR) is 118 cm³/mol. The van der Waals surface area contributed by atoms with Gasteiger partial charge in [-0.1, -0.05) is 37.7 Å². The zero-order chi connectivity index (χ0) is 21.4. The number of para-hydroxylation sites is 1. The van der Waals surface area contributed by atoms with Crippen LogP contribution in [0.5, 0.6) is 0 Å².